The van der Waals surface area contributed by atoms with Crippen LogP contribution in [0, 0.1) is 28.9 Å². The van der Waals surface area contributed by atoms with Gasteiger partial charge in [0.05, 0.1) is 11.5 Å². The van der Waals surface area contributed by atoms with Gasteiger partial charge in [-0.1, -0.05) is 29.8 Å². The highest BCUT2D eigenvalue weighted by Gasteiger charge is 2.21. The summed E-state index contributed by atoms with van der Waals surface area (Å²) in [6.07, 6.45) is 0. The number of nitro groups is 1. The van der Waals surface area contributed by atoms with Gasteiger partial charge in [-0.05, 0) is 30.2 Å². The number of nitrogens with zero attached hydrogens (tertiary/aromatic N) is 1. The van der Waals surface area contributed by atoms with Crippen molar-refractivity contribution in [3.63, 3.8) is 0 Å². The first-order valence-electron chi connectivity index (χ1n) is 6.05. The standard InChI is InChI=1S/C13H18BrNO3S/c1-8(2)10(7-19)6-18-13-9(3)4-11(14)5-12(13)15(16)17/h4-5,8,10,19H,6-7H2,1-3H3. The molecule has 0 aliphatic rings. The molecule has 0 N–H and O–H groups in total. The zero-order valence-electron chi connectivity index (χ0n) is 11.2. The summed E-state index contributed by atoms with van der Waals surface area (Å²) in [4.78, 5) is 10.6. The van der Waals surface area contributed by atoms with Gasteiger partial charge in [-0.25, -0.2) is 0 Å². The topological polar surface area (TPSA) is 52.4 Å². The first-order valence-corrected chi connectivity index (χ1v) is 7.47. The molecule has 6 heteroatoms. The summed E-state index contributed by atoms with van der Waals surface area (Å²) in [5, 5.41) is 11.1. The molecule has 1 rings (SSSR count). The minimum atomic E-state index is -0.418. The van der Waals surface area contributed by atoms with Gasteiger partial charge in [0.25, 0.3) is 0 Å². The van der Waals surface area contributed by atoms with E-state index in [4.69, 9.17) is 4.74 Å². The number of hydrogen-bond donors (Lipinski definition) is 1. The molecule has 0 aromatic heterocycles. The van der Waals surface area contributed by atoms with Crippen molar-refractivity contribution >= 4 is 34.2 Å². The molecule has 0 spiro atoms. The van der Waals surface area contributed by atoms with E-state index in [0.717, 1.165) is 5.56 Å². The van der Waals surface area contributed by atoms with Crippen LogP contribution in [0.3, 0.4) is 0 Å². The smallest absolute Gasteiger partial charge is 0.312 e. The Hall–Kier alpha value is -0.750. The summed E-state index contributed by atoms with van der Waals surface area (Å²) in [6, 6.07) is 3.28. The van der Waals surface area contributed by atoms with Gasteiger partial charge in [-0.3, -0.25) is 10.1 Å². The first-order chi connectivity index (χ1) is 8.86. The monoisotopic (exact) mass is 347 g/mol. The van der Waals surface area contributed by atoms with E-state index in [-0.39, 0.29) is 11.6 Å². The van der Waals surface area contributed by atoms with Crippen molar-refractivity contribution in [3.8, 4) is 5.75 Å². The Balaban J connectivity index is 2.97. The van der Waals surface area contributed by atoms with Crippen LogP contribution in [-0.4, -0.2) is 17.3 Å². The number of benzene rings is 1. The van der Waals surface area contributed by atoms with Gasteiger partial charge < -0.3 is 4.74 Å². The summed E-state index contributed by atoms with van der Waals surface area (Å²) in [7, 11) is 0. The number of halogens is 1. The molecule has 0 bridgehead atoms. The molecule has 0 aliphatic heterocycles. The predicted molar refractivity (Wildman–Crippen MR) is 83.2 cm³/mol. The Bertz CT molecular complexity index is 465. The van der Waals surface area contributed by atoms with E-state index >= 15 is 0 Å². The molecule has 1 atom stereocenters. The van der Waals surface area contributed by atoms with Crippen LogP contribution in [0.5, 0.6) is 5.75 Å². The largest absolute Gasteiger partial charge is 0.486 e. The second kappa shape index (κ2) is 7.14. The van der Waals surface area contributed by atoms with Crippen molar-refractivity contribution in [2.45, 2.75) is 20.8 Å². The van der Waals surface area contributed by atoms with Crippen molar-refractivity contribution in [1.82, 2.24) is 0 Å². The third-order valence-corrected chi connectivity index (χ3v) is 3.96. The highest BCUT2D eigenvalue weighted by atomic mass is 79.9. The van der Waals surface area contributed by atoms with Gasteiger partial charge in [0.2, 0.25) is 0 Å². The third-order valence-electron chi connectivity index (χ3n) is 3.04. The lowest BCUT2D eigenvalue weighted by Crippen LogP contribution is -2.20. The normalized spacial score (nSPS) is 12.5. The third kappa shape index (κ3) is 4.38. The summed E-state index contributed by atoms with van der Waals surface area (Å²) < 4.78 is 6.37. The fraction of sp³-hybridized carbons (Fsp3) is 0.538. The maximum absolute atomic E-state index is 11.1. The second-order valence-electron chi connectivity index (χ2n) is 4.83. The van der Waals surface area contributed by atoms with E-state index < -0.39 is 4.92 Å². The number of aryl methyl sites for hydroxylation is 1. The van der Waals surface area contributed by atoms with E-state index in [0.29, 0.717) is 28.5 Å². The van der Waals surface area contributed by atoms with Crippen LogP contribution in [0.4, 0.5) is 5.69 Å². The zero-order valence-corrected chi connectivity index (χ0v) is 13.7. The number of thiol groups is 1. The molecular formula is C13H18BrNO3S. The highest BCUT2D eigenvalue weighted by Crippen LogP contribution is 2.34. The lowest BCUT2D eigenvalue weighted by molar-refractivity contribution is -0.386. The number of ether oxygens (including phenoxy) is 1. The lowest BCUT2D eigenvalue weighted by atomic mass is 9.99. The molecular weight excluding hydrogens is 330 g/mol. The van der Waals surface area contributed by atoms with Gasteiger partial charge in [0, 0.05) is 16.5 Å². The molecule has 0 aliphatic carbocycles. The van der Waals surface area contributed by atoms with Crippen molar-refractivity contribution in [1.29, 1.82) is 0 Å². The second-order valence-corrected chi connectivity index (χ2v) is 6.11. The SMILES string of the molecule is Cc1cc(Br)cc([N+](=O)[O-])c1OCC(CS)C(C)C. The molecule has 0 saturated heterocycles. The molecule has 106 valence electrons. The highest BCUT2D eigenvalue weighted by molar-refractivity contribution is 9.10. The van der Waals surface area contributed by atoms with Crippen LogP contribution < -0.4 is 4.74 Å². The van der Waals surface area contributed by atoms with Gasteiger partial charge in [0.15, 0.2) is 5.75 Å². The average Bonchev–Trinajstić information content (AvgIpc) is 2.30. The molecule has 1 aromatic rings. The molecule has 1 unspecified atom stereocenters. The van der Waals surface area contributed by atoms with E-state index in [1.165, 1.54) is 6.07 Å². The van der Waals surface area contributed by atoms with Gasteiger partial charge in [-0.2, -0.15) is 12.6 Å². The minimum Gasteiger partial charge on any atom is -0.486 e. The maximum atomic E-state index is 11.1. The van der Waals surface area contributed by atoms with Crippen LogP contribution >= 0.6 is 28.6 Å². The van der Waals surface area contributed by atoms with E-state index in [1.807, 2.05) is 6.07 Å². The van der Waals surface area contributed by atoms with Crippen LogP contribution in [0.25, 0.3) is 0 Å². The lowest BCUT2D eigenvalue weighted by Gasteiger charge is -2.19. The quantitative estimate of drug-likeness (QED) is 0.475. The van der Waals surface area contributed by atoms with E-state index in [2.05, 4.69) is 42.4 Å². The molecule has 0 radical (unpaired) electrons. The Kier molecular flexibility index (Phi) is 6.13. The Labute approximate surface area is 127 Å². The van der Waals surface area contributed by atoms with Crippen molar-refractivity contribution in [2.75, 3.05) is 12.4 Å². The zero-order chi connectivity index (χ0) is 14.6. The van der Waals surface area contributed by atoms with Gasteiger partial charge in [0.1, 0.15) is 0 Å². The number of hydrogen-bond acceptors (Lipinski definition) is 4. The summed E-state index contributed by atoms with van der Waals surface area (Å²) in [5.41, 5.74) is 0.747. The molecule has 1 aromatic carbocycles. The van der Waals surface area contributed by atoms with Crippen LogP contribution in [0.2, 0.25) is 0 Å². The van der Waals surface area contributed by atoms with Crippen LogP contribution in [0.1, 0.15) is 19.4 Å². The minimum absolute atomic E-state index is 0.00598. The fourth-order valence-electron chi connectivity index (χ4n) is 1.68. The maximum Gasteiger partial charge on any atom is 0.312 e. The average molecular weight is 348 g/mol. The van der Waals surface area contributed by atoms with E-state index in [9.17, 15) is 10.1 Å². The summed E-state index contributed by atoms with van der Waals surface area (Å²) in [6.45, 7) is 6.42. The predicted octanol–water partition coefficient (Wildman–Crippen LogP) is 4.25. The van der Waals surface area contributed by atoms with Gasteiger partial charge in [-0.15, -0.1) is 0 Å². The Morgan fingerprint density at radius 1 is 1.47 bits per heavy atom. The molecule has 4 nitrogen and oxygen atoms in total. The summed E-state index contributed by atoms with van der Waals surface area (Å²) in [5.74, 6) is 1.74. The number of rotatable bonds is 6. The van der Waals surface area contributed by atoms with Crippen LogP contribution in [-0.2, 0) is 0 Å². The van der Waals surface area contributed by atoms with Crippen molar-refractivity contribution < 1.29 is 9.66 Å². The fourth-order valence-corrected chi connectivity index (χ4v) is 2.77. The molecule has 0 fully saturated rings. The molecule has 19 heavy (non-hydrogen) atoms. The molecule has 0 heterocycles. The van der Waals surface area contributed by atoms with Crippen LogP contribution in [0.15, 0.2) is 16.6 Å². The first kappa shape index (κ1) is 16.3. The molecule has 0 saturated carbocycles. The molecule has 0 amide bonds. The number of nitro benzene ring substituents is 1. The summed E-state index contributed by atoms with van der Waals surface area (Å²) >= 11 is 7.55. The van der Waals surface area contributed by atoms with Crippen molar-refractivity contribution in [2.24, 2.45) is 11.8 Å². The van der Waals surface area contributed by atoms with Crippen molar-refractivity contribution in [3.05, 3.63) is 32.3 Å². The Morgan fingerprint density at radius 2 is 2.11 bits per heavy atom. The van der Waals surface area contributed by atoms with E-state index in [1.54, 1.807) is 6.92 Å². The Morgan fingerprint density at radius 3 is 2.58 bits per heavy atom. The van der Waals surface area contributed by atoms with Gasteiger partial charge >= 0.3 is 5.69 Å².